The van der Waals surface area contributed by atoms with Crippen molar-refractivity contribution < 1.29 is 66.6 Å². The topological polar surface area (TPSA) is 278 Å². The molecular formula is C75H115N4O15PS. The van der Waals surface area contributed by atoms with Gasteiger partial charge in [-0.3, -0.25) is 33.0 Å². The number of aromatic carboxylic acids is 1. The van der Waals surface area contributed by atoms with Crippen molar-refractivity contribution in [3.8, 4) is 28.2 Å². The van der Waals surface area contributed by atoms with Crippen LogP contribution in [0.4, 0.5) is 5.69 Å². The van der Waals surface area contributed by atoms with Gasteiger partial charge < -0.3 is 50.3 Å². The van der Waals surface area contributed by atoms with Gasteiger partial charge in [0.2, 0.25) is 11.8 Å². The zero-order valence-corrected chi connectivity index (χ0v) is 59.9. The van der Waals surface area contributed by atoms with Crippen molar-refractivity contribution in [2.45, 2.75) is 259 Å². The Kier molecular flexibility index (Phi) is 46.0. The van der Waals surface area contributed by atoms with Crippen molar-refractivity contribution in [2.24, 2.45) is 0 Å². The minimum absolute atomic E-state index is 0.00278. The van der Waals surface area contributed by atoms with E-state index in [0.717, 1.165) is 44.9 Å². The van der Waals surface area contributed by atoms with Gasteiger partial charge in [-0.15, -0.1) is 0 Å². The summed E-state index contributed by atoms with van der Waals surface area (Å²) in [6.45, 7) is 9.07. The number of esters is 2. The number of rotatable bonds is 53. The monoisotopic (exact) mass is 1370 g/mol. The largest absolute Gasteiger partial charge is 0.508 e. The molecule has 2 unspecified atom stereocenters. The number of aromatic hydroxyl groups is 1. The van der Waals surface area contributed by atoms with Crippen LogP contribution in [0.5, 0.6) is 5.75 Å². The molecule has 4 rings (SSSR count). The van der Waals surface area contributed by atoms with E-state index in [-0.39, 0.29) is 85.1 Å². The fourth-order valence-corrected chi connectivity index (χ4v) is 11.7. The van der Waals surface area contributed by atoms with Gasteiger partial charge in [-0.25, -0.2) is 9.36 Å². The van der Waals surface area contributed by atoms with Gasteiger partial charge in [0.25, 0.3) is 0 Å². The van der Waals surface area contributed by atoms with E-state index in [4.69, 9.17) is 30.6 Å². The molecule has 0 bridgehead atoms. The van der Waals surface area contributed by atoms with Crippen molar-refractivity contribution in [2.75, 3.05) is 44.8 Å². The summed E-state index contributed by atoms with van der Waals surface area (Å²) in [6.07, 6.45) is 46.1. The van der Waals surface area contributed by atoms with Crippen molar-refractivity contribution in [1.82, 2.24) is 16.0 Å². The number of anilines is 1. The number of benzene rings is 3. The van der Waals surface area contributed by atoms with Crippen LogP contribution in [0.2, 0.25) is 0 Å². The van der Waals surface area contributed by atoms with Crippen LogP contribution in [-0.2, 0) is 42.3 Å². The van der Waals surface area contributed by atoms with Crippen LogP contribution in [0.25, 0.3) is 33.4 Å². The molecule has 536 valence electrons. The van der Waals surface area contributed by atoms with E-state index in [9.17, 15) is 48.4 Å². The molecule has 2 aromatic rings. The first-order valence-corrected chi connectivity index (χ1v) is 37.8. The second-order valence-corrected chi connectivity index (χ2v) is 26.5. The third-order valence-electron chi connectivity index (χ3n) is 16.0. The fraction of sp³-hybridized carbons (Fsp3) is 0.613. The second kappa shape index (κ2) is 52.6. The molecule has 0 saturated heterocycles. The number of hydrogen-bond donors (Lipinski definition) is 7. The molecule has 1 aliphatic heterocycles. The maximum absolute atomic E-state index is 12.5. The lowest BCUT2D eigenvalue weighted by Gasteiger charge is -2.18. The summed E-state index contributed by atoms with van der Waals surface area (Å²) in [4.78, 5) is 81.9. The number of phosphoric acid groups is 1. The number of carboxylic acids is 1. The number of hydrogen-bond acceptors (Lipinski definition) is 14. The lowest BCUT2D eigenvalue weighted by atomic mass is 9.90. The fourth-order valence-electron chi connectivity index (χ4n) is 10.8. The summed E-state index contributed by atoms with van der Waals surface area (Å²) in [5.74, 6) is -1.64. The highest BCUT2D eigenvalue weighted by Gasteiger charge is 2.23. The van der Waals surface area contributed by atoms with Crippen molar-refractivity contribution in [3.63, 3.8) is 0 Å². The smallest absolute Gasteiger partial charge is 0.472 e. The standard InChI is InChI=1S/C39H72O4.C36H43N4O11PS/c1-4-6-8-10-12-14-16-18-20-22-24-26-28-30-32-34-38(40)42-36-37(3)43-39(41)35-33-31-29-27-25-23-21-19-17-15-13-11-9-7-5-2;1-2-49-52(47,48)50-19-18-38-33(44)9-5-4-8-32(43)37-16-6-3-7-17-39-36(53)40-23-10-13-26(29(20-23)35(45)46)34-27-14-11-24(41)21-30(27)51-31-22-25(42)12-15-28(31)34/h18-21,37H,4-17,22-36H2,1-3H3;10-15,20-22,41H,2-9,16-19H2,1H3,(H,37,43)(H,38,44)(H,45,46)(H,47,48)(H2,39,40,53)/b20-18-,21-19-;. The average molecular weight is 1380 g/mol. The molecule has 2 atom stereocenters. The van der Waals surface area contributed by atoms with Crippen LogP contribution in [0.15, 0.2) is 88.1 Å². The van der Waals surface area contributed by atoms with Gasteiger partial charge in [0, 0.05) is 79.7 Å². The number of carbonyl (C=O) groups excluding carboxylic acids is 4. The second-order valence-electron chi connectivity index (χ2n) is 24.6. The first kappa shape index (κ1) is 83.8. The van der Waals surface area contributed by atoms with Crippen molar-refractivity contribution >= 4 is 71.5 Å². The first-order valence-electron chi connectivity index (χ1n) is 35.9. The van der Waals surface area contributed by atoms with Crippen LogP contribution >= 0.6 is 20.0 Å². The highest BCUT2D eigenvalue weighted by Crippen LogP contribution is 2.43. The molecule has 2 aliphatic rings. The lowest BCUT2D eigenvalue weighted by molar-refractivity contribution is -0.158. The predicted octanol–water partition coefficient (Wildman–Crippen LogP) is 17.9. The molecule has 7 N–H and O–H groups in total. The predicted molar refractivity (Wildman–Crippen MR) is 389 cm³/mol. The average Bonchev–Trinajstić information content (AvgIpc) is 0.751. The molecule has 0 fully saturated rings. The Morgan fingerprint density at radius 3 is 1.64 bits per heavy atom. The summed E-state index contributed by atoms with van der Waals surface area (Å²) in [7, 11) is -4.08. The number of nitrogens with one attached hydrogen (secondary N) is 4. The molecule has 2 amide bonds. The molecule has 1 aliphatic carbocycles. The zero-order valence-electron chi connectivity index (χ0n) is 58.2. The van der Waals surface area contributed by atoms with Gasteiger partial charge in [-0.05, 0) is 164 Å². The van der Waals surface area contributed by atoms with E-state index < -0.39 is 13.8 Å². The number of unbranched alkanes of at least 4 members (excludes halogenated alkanes) is 25. The van der Waals surface area contributed by atoms with E-state index in [1.165, 1.54) is 172 Å². The van der Waals surface area contributed by atoms with Crippen LogP contribution in [0, 0.1) is 0 Å². The Hall–Kier alpha value is -6.44. The van der Waals surface area contributed by atoms with Crippen molar-refractivity contribution in [3.05, 3.63) is 94.7 Å². The van der Waals surface area contributed by atoms with Gasteiger partial charge in [0.05, 0.1) is 18.8 Å². The molecule has 0 spiro atoms. The summed E-state index contributed by atoms with van der Waals surface area (Å²) in [6, 6.07) is 13.7. The third kappa shape index (κ3) is 39.7. The Balaban J connectivity index is 0.000000513. The Labute approximate surface area is 577 Å². The van der Waals surface area contributed by atoms with Gasteiger partial charge in [-0.1, -0.05) is 147 Å². The van der Waals surface area contributed by atoms with Gasteiger partial charge in [0.15, 0.2) is 10.5 Å². The quantitative estimate of drug-likeness (QED) is 0.00540. The highest BCUT2D eigenvalue weighted by atomic mass is 32.1. The number of amides is 2. The van der Waals surface area contributed by atoms with Gasteiger partial charge in [0.1, 0.15) is 29.8 Å². The number of allylic oxidation sites excluding steroid dienone is 4. The number of thiocarbonyl (C=S) groups is 1. The van der Waals surface area contributed by atoms with Crippen molar-refractivity contribution in [1.29, 1.82) is 0 Å². The van der Waals surface area contributed by atoms with Gasteiger partial charge in [-0.2, -0.15) is 0 Å². The summed E-state index contributed by atoms with van der Waals surface area (Å²) in [5, 5.41) is 32.7. The summed E-state index contributed by atoms with van der Waals surface area (Å²) >= 11 is 5.43. The molecule has 19 nitrogen and oxygen atoms in total. The maximum atomic E-state index is 12.5. The first-order chi connectivity index (χ1) is 46.5. The number of phenols is 1. The Morgan fingerprint density at radius 2 is 1.07 bits per heavy atom. The Bertz CT molecular complexity index is 3010. The molecular weight excluding hydrogens is 1260 g/mol. The number of phosphoric ester groups is 1. The van der Waals surface area contributed by atoms with E-state index in [1.807, 2.05) is 0 Å². The number of phenolic OH excluding ortho intramolecular Hbond substituents is 1. The van der Waals surface area contributed by atoms with Crippen LogP contribution in [0.1, 0.15) is 263 Å². The Morgan fingerprint density at radius 1 is 0.573 bits per heavy atom. The third-order valence-corrected chi connectivity index (χ3v) is 17.4. The molecule has 0 radical (unpaired) electrons. The molecule has 1 heterocycles. The number of ether oxygens (including phenoxy) is 2. The lowest BCUT2D eigenvalue weighted by Crippen LogP contribution is -2.29. The van der Waals surface area contributed by atoms with E-state index in [2.05, 4.69) is 63.9 Å². The van der Waals surface area contributed by atoms with Gasteiger partial charge >= 0.3 is 25.7 Å². The zero-order chi connectivity index (χ0) is 69.9. The van der Waals surface area contributed by atoms with E-state index in [0.29, 0.717) is 83.7 Å². The summed E-state index contributed by atoms with van der Waals surface area (Å²) in [5.41, 5.74) is 1.97. The van der Waals surface area contributed by atoms with Crippen LogP contribution < -0.4 is 26.7 Å². The highest BCUT2D eigenvalue weighted by molar-refractivity contribution is 7.80. The number of carbonyl (C=O) groups is 5. The van der Waals surface area contributed by atoms with Crippen LogP contribution in [-0.4, -0.2) is 95.5 Å². The molecule has 0 aromatic heterocycles. The molecule has 0 saturated carbocycles. The number of fused-ring (bicyclic) bond motifs is 2. The van der Waals surface area contributed by atoms with E-state index in [1.54, 1.807) is 38.1 Å². The normalized spacial score (nSPS) is 12.3. The maximum Gasteiger partial charge on any atom is 0.472 e. The molecule has 96 heavy (non-hydrogen) atoms. The summed E-state index contributed by atoms with van der Waals surface area (Å²) < 4.78 is 37.3. The molecule has 21 heteroatoms. The van der Waals surface area contributed by atoms with Crippen LogP contribution in [0.3, 0.4) is 0 Å². The minimum Gasteiger partial charge on any atom is -0.508 e. The minimum atomic E-state index is -4.08. The SMILES string of the molecule is CCCCCCCC/C=C\CCCCCCCC(=O)OCC(C)OC(=O)CCCCCCC/C=C\CCCCCCCC.CCOP(=O)(O)OCCNC(=O)CCCCC(=O)NCCCCCNC(=S)Nc1ccc(-c2c3ccc(=O)cc-3oc3cc(O)ccc23)c(C(=O)O)c1. The molecule has 2 aromatic carbocycles. The van der Waals surface area contributed by atoms with E-state index >= 15 is 0 Å². The number of carboxylic acid groups (broad SMARTS) is 1.